The second-order valence-corrected chi connectivity index (χ2v) is 8.30. The summed E-state index contributed by atoms with van der Waals surface area (Å²) in [4.78, 5) is -0.157. The topological polar surface area (TPSA) is 64.6 Å². The fraction of sp³-hybridized carbons (Fsp3) is 0.200. The van der Waals surface area contributed by atoms with Crippen LogP contribution in [0.15, 0.2) is 65.6 Å². The molecule has 0 bridgehead atoms. The van der Waals surface area contributed by atoms with E-state index in [1.54, 1.807) is 30.3 Å². The smallest absolute Gasteiger partial charge is 0.422 e. The number of alkyl halides is 6. The maximum absolute atomic E-state index is 12.7. The standard InChI is InChI=1S/C20H15F6NO4S/c21-19(22,23)11-30-16-8-15(9-17(10-16)31-12-20(24,25)26)27-32(28,29)18-6-5-13-3-1-2-4-14(13)7-18/h1-10,27H,11-12H2. The van der Waals surface area contributed by atoms with E-state index in [0.717, 1.165) is 23.6 Å². The Morgan fingerprint density at radius 3 is 1.78 bits per heavy atom. The number of hydrogen-bond acceptors (Lipinski definition) is 4. The first kappa shape index (κ1) is 23.5. The molecule has 0 spiro atoms. The molecule has 0 fully saturated rings. The van der Waals surface area contributed by atoms with Gasteiger partial charge in [0, 0.05) is 18.2 Å². The number of halogens is 6. The summed E-state index contributed by atoms with van der Waals surface area (Å²) in [6, 6.07) is 13.8. The number of ether oxygens (including phenoxy) is 2. The van der Waals surface area contributed by atoms with Gasteiger partial charge in [0.25, 0.3) is 10.0 Å². The maximum Gasteiger partial charge on any atom is 0.422 e. The lowest BCUT2D eigenvalue weighted by molar-refractivity contribution is -0.153. The zero-order chi connectivity index (χ0) is 23.6. The van der Waals surface area contributed by atoms with E-state index in [4.69, 9.17) is 0 Å². The molecule has 0 unspecified atom stereocenters. The fourth-order valence-corrected chi connectivity index (χ4v) is 3.75. The average Bonchev–Trinajstić information content (AvgIpc) is 2.69. The van der Waals surface area contributed by atoms with Crippen LogP contribution in [0.25, 0.3) is 10.8 Å². The predicted octanol–water partition coefficient (Wildman–Crippen LogP) is 5.52. The van der Waals surface area contributed by atoms with Crippen LogP contribution in [0.4, 0.5) is 32.0 Å². The lowest BCUT2D eigenvalue weighted by Crippen LogP contribution is -2.20. The summed E-state index contributed by atoms with van der Waals surface area (Å²) in [5, 5.41) is 1.39. The zero-order valence-electron chi connectivity index (χ0n) is 16.0. The first-order chi connectivity index (χ1) is 14.8. The minimum Gasteiger partial charge on any atom is -0.484 e. The monoisotopic (exact) mass is 479 g/mol. The van der Waals surface area contributed by atoms with Crippen molar-refractivity contribution >= 4 is 26.5 Å². The molecule has 3 rings (SSSR count). The van der Waals surface area contributed by atoms with Crippen molar-refractivity contribution in [1.82, 2.24) is 0 Å². The van der Waals surface area contributed by atoms with Gasteiger partial charge >= 0.3 is 12.4 Å². The molecule has 0 atom stereocenters. The summed E-state index contributed by atoms with van der Waals surface area (Å²) in [5.74, 6) is -1.06. The molecule has 0 amide bonds. The normalized spacial score (nSPS) is 12.6. The van der Waals surface area contributed by atoms with Crippen LogP contribution in [0.5, 0.6) is 11.5 Å². The van der Waals surface area contributed by atoms with Crippen LogP contribution in [-0.4, -0.2) is 34.0 Å². The SMILES string of the molecule is O=S(=O)(Nc1cc(OCC(F)(F)F)cc(OCC(F)(F)F)c1)c1ccc2ccccc2c1. The summed E-state index contributed by atoms with van der Waals surface area (Å²) in [6.45, 7) is -3.46. The van der Waals surface area contributed by atoms with Gasteiger partial charge in [0.2, 0.25) is 0 Å². The van der Waals surface area contributed by atoms with Gasteiger partial charge < -0.3 is 9.47 Å². The minimum atomic E-state index is -4.71. The Balaban J connectivity index is 1.91. The molecule has 0 aliphatic rings. The number of nitrogens with one attached hydrogen (secondary N) is 1. The fourth-order valence-electron chi connectivity index (χ4n) is 2.68. The summed E-state index contributed by atoms with van der Waals surface area (Å²) < 4.78 is 111. The number of anilines is 1. The van der Waals surface area contributed by atoms with E-state index < -0.39 is 47.1 Å². The molecule has 0 saturated carbocycles. The molecule has 0 aliphatic heterocycles. The Hall–Kier alpha value is -3.15. The highest BCUT2D eigenvalue weighted by molar-refractivity contribution is 7.92. The summed E-state index contributed by atoms with van der Waals surface area (Å²) in [5.41, 5.74) is -0.338. The highest BCUT2D eigenvalue weighted by Crippen LogP contribution is 2.31. The molecule has 0 heterocycles. The second-order valence-electron chi connectivity index (χ2n) is 6.62. The maximum atomic E-state index is 12.7. The third-order valence-electron chi connectivity index (χ3n) is 3.97. The number of fused-ring (bicyclic) bond motifs is 1. The van der Waals surface area contributed by atoms with Crippen molar-refractivity contribution in [2.75, 3.05) is 17.9 Å². The van der Waals surface area contributed by atoms with Crippen molar-refractivity contribution in [2.24, 2.45) is 0 Å². The van der Waals surface area contributed by atoms with Crippen molar-refractivity contribution < 1.29 is 44.2 Å². The molecule has 3 aromatic carbocycles. The van der Waals surface area contributed by atoms with Crippen LogP contribution in [-0.2, 0) is 10.0 Å². The van der Waals surface area contributed by atoms with Crippen LogP contribution >= 0.6 is 0 Å². The van der Waals surface area contributed by atoms with Gasteiger partial charge in [-0.25, -0.2) is 8.42 Å². The van der Waals surface area contributed by atoms with Gasteiger partial charge in [0.15, 0.2) is 13.2 Å². The first-order valence-corrected chi connectivity index (χ1v) is 10.3. The third kappa shape index (κ3) is 6.67. The van der Waals surface area contributed by atoms with Gasteiger partial charge in [-0.05, 0) is 22.9 Å². The lowest BCUT2D eigenvalue weighted by atomic mass is 10.1. The Labute approximate surface area is 178 Å². The van der Waals surface area contributed by atoms with Crippen molar-refractivity contribution in [1.29, 1.82) is 0 Å². The molecule has 0 aromatic heterocycles. The van der Waals surface area contributed by atoms with Gasteiger partial charge in [-0.15, -0.1) is 0 Å². The van der Waals surface area contributed by atoms with Crippen LogP contribution in [0.2, 0.25) is 0 Å². The molecule has 0 radical (unpaired) electrons. The summed E-state index contributed by atoms with van der Waals surface area (Å²) in [6.07, 6.45) is -9.43. The molecular formula is C20H15F6NO4S. The number of sulfonamides is 1. The molecule has 0 saturated heterocycles. The minimum absolute atomic E-state index is 0.157. The Morgan fingerprint density at radius 2 is 1.25 bits per heavy atom. The van der Waals surface area contributed by atoms with Crippen molar-refractivity contribution in [3.8, 4) is 11.5 Å². The molecule has 172 valence electrons. The Morgan fingerprint density at radius 1 is 0.719 bits per heavy atom. The van der Waals surface area contributed by atoms with E-state index in [-0.39, 0.29) is 10.6 Å². The lowest BCUT2D eigenvalue weighted by Gasteiger charge is -2.15. The molecule has 5 nitrogen and oxygen atoms in total. The molecule has 12 heteroatoms. The largest absolute Gasteiger partial charge is 0.484 e. The van der Waals surface area contributed by atoms with E-state index in [1.165, 1.54) is 12.1 Å². The molecule has 1 N–H and O–H groups in total. The highest BCUT2D eigenvalue weighted by Gasteiger charge is 2.30. The van der Waals surface area contributed by atoms with Crippen molar-refractivity contribution in [3.05, 3.63) is 60.7 Å². The van der Waals surface area contributed by atoms with Crippen molar-refractivity contribution in [2.45, 2.75) is 17.2 Å². The second kappa shape index (κ2) is 8.77. The molecule has 32 heavy (non-hydrogen) atoms. The van der Waals surface area contributed by atoms with E-state index >= 15 is 0 Å². The van der Waals surface area contributed by atoms with Gasteiger partial charge in [-0.1, -0.05) is 30.3 Å². The number of benzene rings is 3. The Bertz CT molecular complexity index is 1170. The van der Waals surface area contributed by atoms with Gasteiger partial charge in [0.05, 0.1) is 10.6 Å². The number of hydrogen-bond donors (Lipinski definition) is 1. The Kier molecular flexibility index (Phi) is 6.44. The van der Waals surface area contributed by atoms with E-state index in [9.17, 15) is 34.8 Å². The highest BCUT2D eigenvalue weighted by atomic mass is 32.2. The average molecular weight is 479 g/mol. The van der Waals surface area contributed by atoms with Crippen LogP contribution < -0.4 is 14.2 Å². The summed E-state index contributed by atoms with van der Waals surface area (Å²) in [7, 11) is -4.23. The van der Waals surface area contributed by atoms with Gasteiger partial charge in [0.1, 0.15) is 11.5 Å². The van der Waals surface area contributed by atoms with Crippen LogP contribution in [0.1, 0.15) is 0 Å². The van der Waals surface area contributed by atoms with Gasteiger partial charge in [-0.3, -0.25) is 4.72 Å². The third-order valence-corrected chi connectivity index (χ3v) is 5.35. The van der Waals surface area contributed by atoms with Crippen LogP contribution in [0, 0.1) is 0 Å². The molecule has 0 aliphatic carbocycles. The zero-order valence-corrected chi connectivity index (χ0v) is 16.8. The number of rotatable bonds is 7. The summed E-state index contributed by atoms with van der Waals surface area (Å²) >= 11 is 0. The van der Waals surface area contributed by atoms with Gasteiger partial charge in [-0.2, -0.15) is 26.3 Å². The first-order valence-electron chi connectivity index (χ1n) is 8.87. The van der Waals surface area contributed by atoms with Crippen LogP contribution in [0.3, 0.4) is 0 Å². The quantitative estimate of drug-likeness (QED) is 0.453. The van der Waals surface area contributed by atoms with Crippen molar-refractivity contribution in [3.63, 3.8) is 0 Å². The van der Waals surface area contributed by atoms with E-state index in [2.05, 4.69) is 14.2 Å². The molecule has 3 aromatic rings. The molecular weight excluding hydrogens is 464 g/mol. The van der Waals surface area contributed by atoms with E-state index in [0.29, 0.717) is 5.39 Å². The van der Waals surface area contributed by atoms with E-state index in [1.807, 2.05) is 0 Å². The predicted molar refractivity (Wildman–Crippen MR) is 104 cm³/mol.